The van der Waals surface area contributed by atoms with Gasteiger partial charge in [-0.25, -0.2) is 4.98 Å². The lowest BCUT2D eigenvalue weighted by atomic mass is 10.1. The summed E-state index contributed by atoms with van der Waals surface area (Å²) in [5.41, 5.74) is 3.19. The summed E-state index contributed by atoms with van der Waals surface area (Å²) in [5.74, 6) is 1.53. The van der Waals surface area contributed by atoms with Crippen molar-refractivity contribution in [2.24, 2.45) is 0 Å². The van der Waals surface area contributed by atoms with Gasteiger partial charge >= 0.3 is 0 Å². The third kappa shape index (κ3) is 3.03. The lowest BCUT2D eigenvalue weighted by Gasteiger charge is -2.19. The fraction of sp³-hybridized carbons (Fsp3) is 0.571. The fourth-order valence-corrected chi connectivity index (χ4v) is 3.33. The highest BCUT2D eigenvalue weighted by molar-refractivity contribution is 7.05. The molecule has 0 radical (unpaired) electrons. The quantitative estimate of drug-likeness (QED) is 0.856. The van der Waals surface area contributed by atoms with Crippen molar-refractivity contribution in [2.45, 2.75) is 39.8 Å². The Labute approximate surface area is 128 Å². The van der Waals surface area contributed by atoms with Crippen LogP contribution in [0.1, 0.15) is 27.7 Å². The van der Waals surface area contributed by atoms with Crippen molar-refractivity contribution in [1.29, 1.82) is 0 Å². The van der Waals surface area contributed by atoms with E-state index < -0.39 is 0 Å². The predicted molar refractivity (Wildman–Crippen MR) is 80.6 cm³/mol. The predicted octanol–water partition coefficient (Wildman–Crippen LogP) is 1.69. The van der Waals surface area contributed by atoms with Gasteiger partial charge in [0.1, 0.15) is 11.9 Å². The van der Waals surface area contributed by atoms with E-state index in [2.05, 4.69) is 31.5 Å². The molecule has 0 unspecified atom stereocenters. The van der Waals surface area contributed by atoms with Crippen LogP contribution in [0.3, 0.4) is 0 Å². The molecular formula is C14H19N5OS. The molecule has 0 bridgehead atoms. The topological polar surface area (TPSA) is 64.0 Å². The standard InChI is InChI=1S/C14H19N5OS/c1-8-12-5-11(20-14(12)16-10(3)15-8)6-19(4)7-13-9(2)17-18-21-13/h11H,5-7H2,1-4H3/t11-/m1/s1. The molecule has 0 N–H and O–H groups in total. The van der Waals surface area contributed by atoms with Crippen LogP contribution in [0.2, 0.25) is 0 Å². The van der Waals surface area contributed by atoms with Gasteiger partial charge in [-0.15, -0.1) is 5.10 Å². The first kappa shape index (κ1) is 14.3. The van der Waals surface area contributed by atoms with Crippen molar-refractivity contribution in [1.82, 2.24) is 24.5 Å². The number of aromatic nitrogens is 4. The number of fused-ring (bicyclic) bond motifs is 1. The van der Waals surface area contributed by atoms with Crippen LogP contribution in [0.25, 0.3) is 0 Å². The summed E-state index contributed by atoms with van der Waals surface area (Å²) < 4.78 is 9.94. The first-order chi connectivity index (χ1) is 10.0. The SMILES string of the molecule is Cc1nc(C)c2c(n1)O[C@@H](CN(C)Cc1snnc1C)C2. The zero-order valence-electron chi connectivity index (χ0n) is 12.8. The van der Waals surface area contributed by atoms with Crippen LogP contribution < -0.4 is 4.74 Å². The average molecular weight is 305 g/mol. The van der Waals surface area contributed by atoms with Crippen LogP contribution in [-0.4, -0.2) is 44.2 Å². The van der Waals surface area contributed by atoms with Crippen molar-refractivity contribution in [3.63, 3.8) is 0 Å². The number of nitrogens with zero attached hydrogens (tertiary/aromatic N) is 5. The minimum Gasteiger partial charge on any atom is -0.472 e. The smallest absolute Gasteiger partial charge is 0.220 e. The van der Waals surface area contributed by atoms with Crippen LogP contribution in [0.15, 0.2) is 0 Å². The van der Waals surface area contributed by atoms with E-state index in [1.54, 1.807) is 0 Å². The van der Waals surface area contributed by atoms with Gasteiger partial charge in [-0.2, -0.15) is 4.98 Å². The van der Waals surface area contributed by atoms with E-state index in [1.807, 2.05) is 20.8 Å². The number of ether oxygens (including phenoxy) is 1. The molecule has 1 aliphatic heterocycles. The van der Waals surface area contributed by atoms with Gasteiger partial charge in [-0.3, -0.25) is 4.90 Å². The van der Waals surface area contributed by atoms with Gasteiger partial charge in [0, 0.05) is 30.8 Å². The summed E-state index contributed by atoms with van der Waals surface area (Å²) in [4.78, 5) is 12.3. The average Bonchev–Trinajstić information content (AvgIpc) is 2.96. The monoisotopic (exact) mass is 305 g/mol. The summed E-state index contributed by atoms with van der Waals surface area (Å²) in [6.07, 6.45) is 1.02. The Morgan fingerprint density at radius 3 is 2.76 bits per heavy atom. The normalized spacial score (nSPS) is 17.1. The lowest BCUT2D eigenvalue weighted by Crippen LogP contribution is -2.31. The molecule has 3 heterocycles. The number of hydrogen-bond acceptors (Lipinski definition) is 7. The van der Waals surface area contributed by atoms with Gasteiger partial charge in [-0.1, -0.05) is 4.49 Å². The molecule has 0 amide bonds. The number of likely N-dealkylation sites (N-methyl/N-ethyl adjacent to an activating group) is 1. The Hall–Kier alpha value is -1.60. The number of hydrogen-bond donors (Lipinski definition) is 0. The fourth-order valence-electron chi connectivity index (χ4n) is 2.62. The number of rotatable bonds is 4. The molecule has 0 saturated heterocycles. The van der Waals surface area contributed by atoms with Crippen molar-refractivity contribution in [3.8, 4) is 5.88 Å². The maximum atomic E-state index is 5.97. The van der Waals surface area contributed by atoms with E-state index in [1.165, 1.54) is 16.4 Å². The molecule has 1 aliphatic rings. The van der Waals surface area contributed by atoms with Crippen molar-refractivity contribution in [2.75, 3.05) is 13.6 Å². The molecule has 2 aromatic rings. The lowest BCUT2D eigenvalue weighted by molar-refractivity contribution is 0.161. The van der Waals surface area contributed by atoms with Crippen LogP contribution in [0.4, 0.5) is 0 Å². The Morgan fingerprint density at radius 2 is 2.05 bits per heavy atom. The van der Waals surface area contributed by atoms with Crippen LogP contribution in [-0.2, 0) is 13.0 Å². The van der Waals surface area contributed by atoms with E-state index in [0.717, 1.165) is 48.2 Å². The van der Waals surface area contributed by atoms with E-state index in [9.17, 15) is 0 Å². The molecule has 3 rings (SSSR count). The molecule has 112 valence electrons. The molecule has 21 heavy (non-hydrogen) atoms. The van der Waals surface area contributed by atoms with Gasteiger partial charge in [0.25, 0.3) is 0 Å². The molecule has 0 fully saturated rings. The van der Waals surface area contributed by atoms with Crippen LogP contribution in [0, 0.1) is 20.8 Å². The van der Waals surface area contributed by atoms with Crippen LogP contribution >= 0.6 is 11.5 Å². The van der Waals surface area contributed by atoms with Crippen molar-refractivity contribution >= 4 is 11.5 Å². The number of aryl methyl sites for hydroxylation is 3. The Morgan fingerprint density at radius 1 is 1.24 bits per heavy atom. The summed E-state index contributed by atoms with van der Waals surface area (Å²) in [6, 6.07) is 0. The zero-order chi connectivity index (χ0) is 15.0. The molecule has 0 saturated carbocycles. The van der Waals surface area contributed by atoms with Gasteiger partial charge in [0.05, 0.1) is 10.6 Å². The molecule has 1 atom stereocenters. The first-order valence-corrected chi connectivity index (χ1v) is 7.77. The van der Waals surface area contributed by atoms with Gasteiger partial charge in [0.2, 0.25) is 5.88 Å². The summed E-state index contributed by atoms with van der Waals surface area (Å²) in [6.45, 7) is 7.62. The summed E-state index contributed by atoms with van der Waals surface area (Å²) in [5, 5.41) is 4.05. The second-order valence-corrected chi connectivity index (χ2v) is 6.40. The van der Waals surface area contributed by atoms with E-state index in [4.69, 9.17) is 4.74 Å². The van der Waals surface area contributed by atoms with Gasteiger partial charge in [0.15, 0.2) is 0 Å². The van der Waals surface area contributed by atoms with E-state index >= 15 is 0 Å². The zero-order valence-corrected chi connectivity index (χ0v) is 13.6. The van der Waals surface area contributed by atoms with E-state index in [-0.39, 0.29) is 6.10 Å². The largest absolute Gasteiger partial charge is 0.472 e. The molecule has 0 spiro atoms. The highest BCUT2D eigenvalue weighted by Gasteiger charge is 2.27. The van der Waals surface area contributed by atoms with Gasteiger partial charge in [-0.05, 0) is 39.4 Å². The van der Waals surface area contributed by atoms with Crippen LogP contribution in [0.5, 0.6) is 5.88 Å². The highest BCUT2D eigenvalue weighted by Crippen LogP contribution is 2.29. The molecule has 0 aliphatic carbocycles. The van der Waals surface area contributed by atoms with Gasteiger partial charge < -0.3 is 4.74 Å². The summed E-state index contributed by atoms with van der Waals surface area (Å²) in [7, 11) is 2.09. The highest BCUT2D eigenvalue weighted by atomic mass is 32.1. The Balaban J connectivity index is 1.63. The maximum Gasteiger partial charge on any atom is 0.220 e. The minimum absolute atomic E-state index is 0.140. The van der Waals surface area contributed by atoms with E-state index in [0.29, 0.717) is 0 Å². The second-order valence-electron chi connectivity index (χ2n) is 5.56. The van der Waals surface area contributed by atoms with Crippen molar-refractivity contribution < 1.29 is 4.74 Å². The summed E-state index contributed by atoms with van der Waals surface area (Å²) >= 11 is 1.46. The minimum atomic E-state index is 0.140. The molecule has 2 aromatic heterocycles. The Kier molecular flexibility index (Phi) is 3.86. The van der Waals surface area contributed by atoms with Crippen molar-refractivity contribution in [3.05, 3.63) is 27.7 Å². The second kappa shape index (κ2) is 5.65. The third-order valence-corrected chi connectivity index (χ3v) is 4.48. The molecular weight excluding hydrogens is 286 g/mol. The molecule has 7 heteroatoms. The third-order valence-electron chi connectivity index (χ3n) is 3.67. The molecule has 6 nitrogen and oxygen atoms in total. The maximum absolute atomic E-state index is 5.97. The Bertz CT molecular complexity index is 657. The first-order valence-electron chi connectivity index (χ1n) is 7.00. The molecule has 0 aromatic carbocycles.